The van der Waals surface area contributed by atoms with E-state index in [4.69, 9.17) is 9.47 Å². The summed E-state index contributed by atoms with van der Waals surface area (Å²) >= 11 is 0. The van der Waals surface area contributed by atoms with Crippen LogP contribution in [0.3, 0.4) is 0 Å². The van der Waals surface area contributed by atoms with E-state index in [2.05, 4.69) is 31.2 Å². The van der Waals surface area contributed by atoms with E-state index in [1.165, 1.54) is 42.9 Å². The third-order valence-electron chi connectivity index (χ3n) is 10.7. The van der Waals surface area contributed by atoms with Crippen LogP contribution in [0.1, 0.15) is 79.6 Å². The summed E-state index contributed by atoms with van der Waals surface area (Å²) < 4.78 is 12.4. The summed E-state index contributed by atoms with van der Waals surface area (Å²) in [5.41, 5.74) is -1.99. The molecule has 1 atom stereocenters. The Bertz CT molecular complexity index is 1410. The Labute approximate surface area is 232 Å². The number of carbonyl (C=O) groups is 2. The molecule has 1 unspecified atom stereocenters. The van der Waals surface area contributed by atoms with E-state index in [9.17, 15) is 9.59 Å². The molecule has 0 N–H and O–H groups in total. The molecule has 4 aliphatic rings. The molecule has 0 heterocycles. The zero-order valence-electron chi connectivity index (χ0n) is 24.1. The topological polar surface area (TPSA) is 52.6 Å². The van der Waals surface area contributed by atoms with E-state index >= 15 is 0 Å². The fourth-order valence-corrected chi connectivity index (χ4v) is 8.30. The van der Waals surface area contributed by atoms with Crippen molar-refractivity contribution in [3.05, 3.63) is 54.6 Å². The summed E-state index contributed by atoms with van der Waals surface area (Å²) in [6, 6.07) is 18.3. The standard InChI is InChI=1S/C35H42O4/c1-6-34(4,32(37)39-35(5)26-16-22-15-23(18-26)19-27(35)17-22)21-33(2,3)31(36)38-28-13-14-30-25(20-28)12-11-24-9-7-8-10-29(24)30/h7-14,20,22-23,26-27H,6,15-19,21H2,1-5H3. The van der Waals surface area contributed by atoms with Crippen LogP contribution in [0.5, 0.6) is 5.75 Å². The van der Waals surface area contributed by atoms with Crippen LogP contribution in [0, 0.1) is 34.5 Å². The Balaban J connectivity index is 1.17. The molecule has 4 bridgehead atoms. The number of fused-ring (bicyclic) bond motifs is 3. The SMILES string of the molecule is CCC(C)(CC(C)(C)C(=O)Oc1ccc2c(ccc3ccccc32)c1)C(=O)OC1(C)C2CC3CC(C2)CC1C3. The molecule has 7 rings (SSSR count). The van der Waals surface area contributed by atoms with Gasteiger partial charge in [-0.3, -0.25) is 9.59 Å². The Morgan fingerprint density at radius 2 is 1.44 bits per heavy atom. The van der Waals surface area contributed by atoms with Gasteiger partial charge >= 0.3 is 11.9 Å². The van der Waals surface area contributed by atoms with Gasteiger partial charge in [-0.2, -0.15) is 0 Å². The highest BCUT2D eigenvalue weighted by atomic mass is 16.6. The maximum atomic E-state index is 13.8. The Morgan fingerprint density at radius 1 is 0.821 bits per heavy atom. The summed E-state index contributed by atoms with van der Waals surface area (Å²) in [6.45, 7) is 9.95. The molecule has 0 aromatic heterocycles. The van der Waals surface area contributed by atoms with Crippen molar-refractivity contribution < 1.29 is 19.1 Å². The van der Waals surface area contributed by atoms with Crippen LogP contribution < -0.4 is 4.74 Å². The molecular weight excluding hydrogens is 484 g/mol. The highest BCUT2D eigenvalue weighted by Gasteiger charge is 2.58. The van der Waals surface area contributed by atoms with Crippen molar-refractivity contribution in [2.45, 2.75) is 85.2 Å². The fourth-order valence-electron chi connectivity index (χ4n) is 8.30. The molecule has 0 spiro atoms. The minimum absolute atomic E-state index is 0.154. The lowest BCUT2D eigenvalue weighted by Crippen LogP contribution is -2.59. The number of carbonyl (C=O) groups excluding carboxylic acids is 2. The highest BCUT2D eigenvalue weighted by Crippen LogP contribution is 2.60. The molecule has 0 radical (unpaired) electrons. The van der Waals surface area contributed by atoms with Gasteiger partial charge in [0.15, 0.2) is 0 Å². The van der Waals surface area contributed by atoms with Gasteiger partial charge in [0, 0.05) is 0 Å². The first-order valence-corrected chi connectivity index (χ1v) is 14.9. The van der Waals surface area contributed by atoms with Crippen LogP contribution in [-0.4, -0.2) is 17.5 Å². The van der Waals surface area contributed by atoms with E-state index in [-0.39, 0.29) is 17.5 Å². The van der Waals surface area contributed by atoms with Gasteiger partial charge in [0.25, 0.3) is 0 Å². The summed E-state index contributed by atoms with van der Waals surface area (Å²) in [6.07, 6.45) is 7.13. The van der Waals surface area contributed by atoms with E-state index in [1.807, 2.05) is 58.0 Å². The Morgan fingerprint density at radius 3 is 2.10 bits per heavy atom. The van der Waals surface area contributed by atoms with Gasteiger partial charge in [0.05, 0.1) is 10.8 Å². The number of rotatable bonds is 7. The molecule has 4 nitrogen and oxygen atoms in total. The molecule has 4 fully saturated rings. The van der Waals surface area contributed by atoms with Crippen molar-refractivity contribution in [3.63, 3.8) is 0 Å². The lowest BCUT2D eigenvalue weighted by molar-refractivity contribution is -0.213. The maximum absolute atomic E-state index is 13.8. The van der Waals surface area contributed by atoms with Crippen molar-refractivity contribution in [3.8, 4) is 5.75 Å². The molecule has 0 saturated heterocycles. The molecular formula is C35H42O4. The summed E-state index contributed by atoms with van der Waals surface area (Å²) in [5.74, 6) is 2.63. The van der Waals surface area contributed by atoms with Crippen molar-refractivity contribution in [1.82, 2.24) is 0 Å². The fraction of sp³-hybridized carbons (Fsp3) is 0.543. The minimum Gasteiger partial charge on any atom is -0.458 e. The second kappa shape index (κ2) is 9.35. The van der Waals surface area contributed by atoms with Crippen molar-refractivity contribution in [1.29, 1.82) is 0 Å². The summed E-state index contributed by atoms with van der Waals surface area (Å²) in [5, 5.41) is 4.52. The maximum Gasteiger partial charge on any atom is 0.316 e. The zero-order chi connectivity index (χ0) is 27.6. The molecule has 4 saturated carbocycles. The first-order valence-electron chi connectivity index (χ1n) is 14.9. The van der Waals surface area contributed by atoms with E-state index in [0.717, 1.165) is 22.6 Å². The molecule has 0 aliphatic heterocycles. The number of hydrogen-bond donors (Lipinski definition) is 0. The van der Waals surface area contributed by atoms with E-state index < -0.39 is 10.8 Å². The van der Waals surface area contributed by atoms with Crippen LogP contribution in [0.2, 0.25) is 0 Å². The van der Waals surface area contributed by atoms with Crippen molar-refractivity contribution in [2.75, 3.05) is 0 Å². The van der Waals surface area contributed by atoms with Gasteiger partial charge in [0.2, 0.25) is 0 Å². The predicted molar refractivity (Wildman–Crippen MR) is 155 cm³/mol. The smallest absolute Gasteiger partial charge is 0.316 e. The van der Waals surface area contributed by atoms with E-state index in [1.54, 1.807) is 0 Å². The minimum atomic E-state index is -0.854. The van der Waals surface area contributed by atoms with Crippen LogP contribution in [0.15, 0.2) is 54.6 Å². The number of esters is 2. The van der Waals surface area contributed by atoms with Crippen LogP contribution in [0.4, 0.5) is 0 Å². The predicted octanol–water partition coefficient (Wildman–Crippen LogP) is 8.49. The zero-order valence-corrected chi connectivity index (χ0v) is 24.1. The van der Waals surface area contributed by atoms with Crippen molar-refractivity contribution in [2.24, 2.45) is 34.5 Å². The lowest BCUT2D eigenvalue weighted by Gasteiger charge is -2.59. The number of ether oxygens (including phenoxy) is 2. The van der Waals surface area contributed by atoms with Gasteiger partial charge in [-0.1, -0.05) is 49.4 Å². The molecule has 4 heteroatoms. The first kappa shape index (κ1) is 26.3. The summed E-state index contributed by atoms with van der Waals surface area (Å²) in [7, 11) is 0. The molecule has 206 valence electrons. The van der Waals surface area contributed by atoms with Gasteiger partial charge < -0.3 is 9.47 Å². The molecule has 3 aromatic rings. The molecule has 4 aliphatic carbocycles. The van der Waals surface area contributed by atoms with Gasteiger partial charge in [0.1, 0.15) is 11.4 Å². The lowest BCUT2D eigenvalue weighted by atomic mass is 9.50. The van der Waals surface area contributed by atoms with Crippen LogP contribution >= 0.6 is 0 Å². The number of hydrogen-bond acceptors (Lipinski definition) is 4. The summed E-state index contributed by atoms with van der Waals surface area (Å²) in [4.78, 5) is 27.3. The average molecular weight is 527 g/mol. The monoisotopic (exact) mass is 526 g/mol. The Hall–Kier alpha value is -2.88. The van der Waals surface area contributed by atoms with Crippen LogP contribution in [-0.2, 0) is 14.3 Å². The largest absolute Gasteiger partial charge is 0.458 e. The van der Waals surface area contributed by atoms with Crippen molar-refractivity contribution >= 4 is 33.5 Å². The molecule has 3 aromatic carbocycles. The normalized spacial score (nSPS) is 29.4. The first-order chi connectivity index (χ1) is 18.5. The number of benzene rings is 3. The third-order valence-corrected chi connectivity index (χ3v) is 10.7. The quantitative estimate of drug-likeness (QED) is 0.176. The second-order valence-corrected chi connectivity index (χ2v) is 13.9. The third kappa shape index (κ3) is 4.54. The Kier molecular flexibility index (Phi) is 6.32. The highest BCUT2D eigenvalue weighted by molar-refractivity contribution is 6.07. The second-order valence-electron chi connectivity index (χ2n) is 13.9. The average Bonchev–Trinajstić information content (AvgIpc) is 2.91. The molecule has 0 amide bonds. The molecule has 39 heavy (non-hydrogen) atoms. The van der Waals surface area contributed by atoms with Gasteiger partial charge in [-0.25, -0.2) is 0 Å². The van der Waals surface area contributed by atoms with E-state index in [0.29, 0.717) is 30.4 Å². The van der Waals surface area contributed by atoms with Gasteiger partial charge in [-0.15, -0.1) is 0 Å². The van der Waals surface area contributed by atoms with Crippen LogP contribution in [0.25, 0.3) is 21.5 Å². The van der Waals surface area contributed by atoms with Gasteiger partial charge in [-0.05, 0) is 130 Å².